The van der Waals surface area contributed by atoms with Crippen LogP contribution in [0.1, 0.15) is 59.8 Å². The Hall–Kier alpha value is -1.44. The van der Waals surface area contributed by atoms with Crippen molar-refractivity contribution in [2.24, 2.45) is 28.6 Å². The van der Waals surface area contributed by atoms with Gasteiger partial charge in [-0.2, -0.15) is 0 Å². The number of hydrogen-bond acceptors (Lipinski definition) is 7. The summed E-state index contributed by atoms with van der Waals surface area (Å²) in [4.78, 5) is 24.2. The summed E-state index contributed by atoms with van der Waals surface area (Å²) in [7, 11) is 1.54. The van der Waals surface area contributed by atoms with E-state index in [4.69, 9.17) is 14.2 Å². The fourth-order valence-corrected chi connectivity index (χ4v) is 7.45. The number of carbonyl (C=O) groups excluding carboxylic acids is 2. The van der Waals surface area contributed by atoms with Crippen LogP contribution in [0.4, 0.5) is 0 Å². The summed E-state index contributed by atoms with van der Waals surface area (Å²) < 4.78 is 17.3. The van der Waals surface area contributed by atoms with E-state index >= 15 is 0 Å². The predicted molar refractivity (Wildman–Crippen MR) is 107 cm³/mol. The van der Waals surface area contributed by atoms with Crippen molar-refractivity contribution in [3.05, 3.63) is 11.6 Å². The number of rotatable bonds is 3. The second-order valence-electron chi connectivity index (χ2n) is 10.3. The lowest BCUT2D eigenvalue weighted by atomic mass is 9.39. The molecule has 8 atom stereocenters. The summed E-state index contributed by atoms with van der Waals surface area (Å²) in [5, 5.41) is 22.5. The van der Waals surface area contributed by atoms with Crippen molar-refractivity contribution in [1.82, 2.24) is 0 Å². The van der Waals surface area contributed by atoms with E-state index in [0.717, 1.165) is 12.0 Å². The molecule has 7 nitrogen and oxygen atoms in total. The van der Waals surface area contributed by atoms with Crippen LogP contribution in [0, 0.1) is 28.6 Å². The topological polar surface area (TPSA) is 102 Å². The molecule has 1 aliphatic heterocycles. The van der Waals surface area contributed by atoms with Gasteiger partial charge < -0.3 is 24.4 Å². The molecule has 3 fully saturated rings. The highest BCUT2D eigenvalue weighted by molar-refractivity contribution is 5.86. The monoisotopic (exact) mass is 422 g/mol. The molecule has 0 aromatic heterocycles. The Morgan fingerprint density at radius 1 is 1.30 bits per heavy atom. The minimum atomic E-state index is -1.23. The Labute approximate surface area is 177 Å². The molecule has 30 heavy (non-hydrogen) atoms. The quantitative estimate of drug-likeness (QED) is 0.673. The van der Waals surface area contributed by atoms with Crippen LogP contribution in [-0.4, -0.2) is 53.4 Å². The number of esters is 2. The molecule has 7 heteroatoms. The molecule has 1 heterocycles. The zero-order chi connectivity index (χ0) is 22.1. The predicted octanol–water partition coefficient (Wildman–Crippen LogP) is 2.34. The first kappa shape index (κ1) is 21.8. The van der Waals surface area contributed by atoms with Gasteiger partial charge in [0.15, 0.2) is 0 Å². The molecule has 4 rings (SSSR count). The van der Waals surface area contributed by atoms with Crippen LogP contribution in [0.3, 0.4) is 0 Å². The third kappa shape index (κ3) is 2.55. The van der Waals surface area contributed by atoms with Crippen molar-refractivity contribution in [1.29, 1.82) is 0 Å². The summed E-state index contributed by atoms with van der Waals surface area (Å²) in [6, 6.07) is 0. The van der Waals surface area contributed by atoms with Gasteiger partial charge in [-0.15, -0.1) is 0 Å². The molecule has 0 aromatic carbocycles. The van der Waals surface area contributed by atoms with Gasteiger partial charge in [0.2, 0.25) is 5.79 Å². The zero-order valence-corrected chi connectivity index (χ0v) is 18.6. The molecule has 0 bridgehead atoms. The van der Waals surface area contributed by atoms with Crippen molar-refractivity contribution < 1.29 is 34.0 Å². The average molecular weight is 423 g/mol. The minimum absolute atomic E-state index is 0.0248. The first-order chi connectivity index (χ1) is 14.0. The number of hydrogen-bond donors (Lipinski definition) is 2. The first-order valence-corrected chi connectivity index (χ1v) is 11.0. The van der Waals surface area contributed by atoms with E-state index in [0.29, 0.717) is 25.7 Å². The molecule has 3 aliphatic carbocycles. The molecule has 0 aromatic rings. The Bertz CT molecular complexity index is 792. The lowest BCUT2D eigenvalue weighted by molar-refractivity contribution is -0.308. The van der Waals surface area contributed by atoms with Gasteiger partial charge in [-0.1, -0.05) is 20.8 Å². The van der Waals surface area contributed by atoms with Crippen molar-refractivity contribution in [2.45, 2.75) is 77.3 Å². The maximum absolute atomic E-state index is 12.2. The van der Waals surface area contributed by atoms with Crippen LogP contribution < -0.4 is 0 Å². The van der Waals surface area contributed by atoms with Gasteiger partial charge in [0.05, 0.1) is 12.2 Å². The van der Waals surface area contributed by atoms with Crippen LogP contribution in [-0.2, 0) is 23.8 Å². The zero-order valence-electron chi connectivity index (χ0n) is 18.6. The third-order valence-electron chi connectivity index (χ3n) is 9.23. The fourth-order valence-electron chi connectivity index (χ4n) is 7.45. The van der Waals surface area contributed by atoms with Gasteiger partial charge in [0, 0.05) is 42.9 Å². The Kier molecular flexibility index (Phi) is 4.92. The smallest absolute Gasteiger partial charge is 0.333 e. The third-order valence-corrected chi connectivity index (χ3v) is 9.23. The maximum Gasteiger partial charge on any atom is 0.333 e. The van der Waals surface area contributed by atoms with Crippen LogP contribution in [0.5, 0.6) is 0 Å². The Morgan fingerprint density at radius 2 is 2.00 bits per heavy atom. The molecule has 2 N–H and O–H groups in total. The van der Waals surface area contributed by atoms with Crippen molar-refractivity contribution in [3.8, 4) is 0 Å². The van der Waals surface area contributed by atoms with E-state index in [9.17, 15) is 19.8 Å². The lowest BCUT2D eigenvalue weighted by Gasteiger charge is -2.68. The SMILES string of the molecule is COC12CC3C(CCC4(O)C(C)(CO)CCC(OC(C)=O)C34C)C(C)C1=CC(=O)O2. The molecule has 4 aliphatic rings. The van der Waals surface area contributed by atoms with Crippen LogP contribution in [0.25, 0.3) is 0 Å². The molecule has 0 amide bonds. The molecule has 0 spiro atoms. The van der Waals surface area contributed by atoms with Crippen molar-refractivity contribution in [3.63, 3.8) is 0 Å². The van der Waals surface area contributed by atoms with Gasteiger partial charge in [0.1, 0.15) is 6.10 Å². The summed E-state index contributed by atoms with van der Waals surface area (Å²) in [5.74, 6) is -1.85. The average Bonchev–Trinajstić information content (AvgIpc) is 3.04. The molecule has 168 valence electrons. The van der Waals surface area contributed by atoms with Crippen molar-refractivity contribution in [2.75, 3.05) is 13.7 Å². The van der Waals surface area contributed by atoms with E-state index in [1.54, 1.807) is 13.2 Å². The number of aliphatic hydroxyl groups excluding tert-OH is 1. The van der Waals surface area contributed by atoms with Crippen LogP contribution >= 0.6 is 0 Å². The molecule has 8 unspecified atom stereocenters. The summed E-state index contributed by atoms with van der Waals surface area (Å²) >= 11 is 0. The highest BCUT2D eigenvalue weighted by atomic mass is 16.7. The second-order valence-corrected chi connectivity index (χ2v) is 10.3. The first-order valence-electron chi connectivity index (χ1n) is 11.0. The number of methoxy groups -OCH3 is 1. The highest BCUT2D eigenvalue weighted by Gasteiger charge is 2.72. The standard InChI is InChI=1S/C23H34O7/c1-13-15-6-9-23(27)20(3,12-24)8-7-18(29-14(2)25)21(23,4)17(15)11-22(28-5)16(13)10-19(26)30-22/h10,13,15,17-18,24,27H,6-9,11-12H2,1-5H3. The molecular weight excluding hydrogens is 388 g/mol. The molecule has 3 saturated carbocycles. The van der Waals surface area contributed by atoms with Crippen LogP contribution in [0.15, 0.2) is 11.6 Å². The number of fused-ring (bicyclic) bond motifs is 4. The molecular formula is C23H34O7. The van der Waals surface area contributed by atoms with Gasteiger partial charge in [-0.3, -0.25) is 4.79 Å². The van der Waals surface area contributed by atoms with Gasteiger partial charge >= 0.3 is 11.9 Å². The second kappa shape index (κ2) is 6.78. The lowest BCUT2D eigenvalue weighted by Crippen LogP contribution is -2.73. The van der Waals surface area contributed by atoms with E-state index in [1.807, 2.05) is 13.8 Å². The van der Waals surface area contributed by atoms with Crippen molar-refractivity contribution >= 4 is 11.9 Å². The molecule has 0 radical (unpaired) electrons. The normalized spacial score (nSPS) is 50.0. The number of aliphatic hydroxyl groups is 2. The van der Waals surface area contributed by atoms with Gasteiger partial charge in [-0.25, -0.2) is 4.79 Å². The summed E-state index contributed by atoms with van der Waals surface area (Å²) in [6.45, 7) is 7.25. The van der Waals surface area contributed by atoms with Gasteiger partial charge in [0.25, 0.3) is 0 Å². The highest BCUT2D eigenvalue weighted by Crippen LogP contribution is 2.69. The number of carbonyl (C=O) groups is 2. The van der Waals surface area contributed by atoms with Crippen LogP contribution in [0.2, 0.25) is 0 Å². The van der Waals surface area contributed by atoms with E-state index in [1.165, 1.54) is 6.92 Å². The Morgan fingerprint density at radius 3 is 2.60 bits per heavy atom. The Balaban J connectivity index is 1.86. The van der Waals surface area contributed by atoms with Gasteiger partial charge in [-0.05, 0) is 43.4 Å². The van der Waals surface area contributed by atoms with E-state index in [2.05, 4.69) is 6.92 Å². The largest absolute Gasteiger partial charge is 0.462 e. The number of ether oxygens (including phenoxy) is 3. The maximum atomic E-state index is 12.2. The minimum Gasteiger partial charge on any atom is -0.462 e. The summed E-state index contributed by atoms with van der Waals surface area (Å²) in [5.41, 5.74) is -1.91. The molecule has 0 saturated heterocycles. The fraction of sp³-hybridized carbons (Fsp3) is 0.826. The van der Waals surface area contributed by atoms with E-state index in [-0.39, 0.29) is 30.3 Å². The van der Waals surface area contributed by atoms with E-state index < -0.39 is 34.3 Å². The summed E-state index contributed by atoms with van der Waals surface area (Å²) in [6.07, 6.45) is 3.85.